The van der Waals surface area contributed by atoms with E-state index >= 15 is 0 Å². The summed E-state index contributed by atoms with van der Waals surface area (Å²) in [4.78, 5) is 38.1. The maximum Gasteiger partial charge on any atom is 0.410 e. The molecule has 0 aromatic rings. The number of hydrogen-bond donors (Lipinski definition) is 1. The first-order valence-electron chi connectivity index (χ1n) is 16.7. The number of likely N-dealkylation sites (tertiary alicyclic amines) is 2. The summed E-state index contributed by atoms with van der Waals surface area (Å²) in [7, 11) is -3.88. The van der Waals surface area contributed by atoms with Crippen LogP contribution in [0.5, 0.6) is 0 Å². The van der Waals surface area contributed by atoms with Gasteiger partial charge in [0.1, 0.15) is 11.2 Å². The van der Waals surface area contributed by atoms with Crippen molar-refractivity contribution >= 4 is 28.8 Å². The highest BCUT2D eigenvalue weighted by Gasteiger charge is 2.45. The Kier molecular flexibility index (Phi) is 14.4. The van der Waals surface area contributed by atoms with Crippen LogP contribution in [0, 0.1) is 10.1 Å². The Balaban J connectivity index is 0.000000474. The molecular weight excluding hydrogens is 639 g/mol. The van der Waals surface area contributed by atoms with Gasteiger partial charge in [0.25, 0.3) is 0 Å². The quantitative estimate of drug-likeness (QED) is 0.162. The minimum atomic E-state index is -1.99. The third-order valence-corrected chi connectivity index (χ3v) is 18.2. The fraction of sp³-hybridized carbons (Fsp3) is 0.879. The van der Waals surface area contributed by atoms with Gasteiger partial charge in [-0.2, -0.15) is 0 Å². The van der Waals surface area contributed by atoms with Crippen LogP contribution >= 0.6 is 0 Å². The number of aliphatic hydroxyl groups is 1. The van der Waals surface area contributed by atoms with Crippen molar-refractivity contribution in [2.24, 2.45) is 0 Å². The summed E-state index contributed by atoms with van der Waals surface area (Å²) >= 11 is 0. The van der Waals surface area contributed by atoms with E-state index < -0.39 is 44.9 Å². The number of nitrogens with zero attached hydrogens (tertiary/aromatic N) is 3. The second-order valence-electron chi connectivity index (χ2n) is 17.8. The molecule has 0 unspecified atom stereocenters. The summed E-state index contributed by atoms with van der Waals surface area (Å²) in [6, 6.07) is -0.611. The van der Waals surface area contributed by atoms with Gasteiger partial charge in [0, 0.05) is 19.2 Å². The molecule has 1 N–H and O–H groups in total. The SMILES string of the molecule is CC(C)(C)OC(=O)N1C[C@H](O[Si](C)(C)C(C)(C)C)C[C@H]1/C=C/[N+](=O)[O-].CC(C)(C)OC(=O)N1C[C@H](O[Si](C)(C)C(C)(C)C)C[C@H]1CO. The van der Waals surface area contributed by atoms with Crippen molar-refractivity contribution in [3.8, 4) is 0 Å². The molecule has 4 atom stereocenters. The monoisotopic (exact) mass is 703 g/mol. The molecule has 0 aromatic heterocycles. The van der Waals surface area contributed by atoms with Crippen molar-refractivity contribution in [2.45, 2.75) is 168 Å². The normalized spacial score (nSPS) is 23.1. The van der Waals surface area contributed by atoms with Crippen LogP contribution in [0.3, 0.4) is 0 Å². The molecule has 0 bridgehead atoms. The lowest BCUT2D eigenvalue weighted by Gasteiger charge is -2.38. The molecule has 2 aliphatic heterocycles. The Labute approximate surface area is 285 Å². The van der Waals surface area contributed by atoms with Crippen molar-refractivity contribution in [2.75, 3.05) is 19.7 Å². The number of rotatable bonds is 7. The molecule has 0 saturated carbocycles. The summed E-state index contributed by atoms with van der Waals surface area (Å²) in [6.45, 7) is 33.5. The summed E-state index contributed by atoms with van der Waals surface area (Å²) in [5.74, 6) is 0. The number of aliphatic hydroxyl groups excluding tert-OH is 1. The zero-order chi connectivity index (χ0) is 37.0. The Morgan fingerprint density at radius 3 is 1.51 bits per heavy atom. The molecule has 0 radical (unpaired) electrons. The number of carbonyl (C=O) groups is 2. The zero-order valence-corrected chi connectivity index (χ0v) is 34.1. The highest BCUT2D eigenvalue weighted by Crippen LogP contribution is 2.40. The van der Waals surface area contributed by atoms with E-state index in [9.17, 15) is 24.8 Å². The number of carbonyl (C=O) groups excluding carboxylic acids is 2. The third-order valence-electron chi connectivity index (χ3n) is 9.11. The lowest BCUT2D eigenvalue weighted by Crippen LogP contribution is -2.45. The fourth-order valence-corrected chi connectivity index (χ4v) is 7.37. The van der Waals surface area contributed by atoms with Crippen LogP contribution < -0.4 is 0 Å². The maximum atomic E-state index is 12.5. The zero-order valence-electron chi connectivity index (χ0n) is 32.1. The van der Waals surface area contributed by atoms with Gasteiger partial charge in [-0.25, -0.2) is 9.59 Å². The van der Waals surface area contributed by atoms with E-state index in [-0.39, 0.29) is 41.0 Å². The van der Waals surface area contributed by atoms with Crippen molar-refractivity contribution in [3.63, 3.8) is 0 Å². The highest BCUT2D eigenvalue weighted by molar-refractivity contribution is 6.74. The van der Waals surface area contributed by atoms with Gasteiger partial charge in [0.2, 0.25) is 6.20 Å². The van der Waals surface area contributed by atoms with Crippen molar-refractivity contribution < 1.29 is 37.9 Å². The summed E-state index contributed by atoms with van der Waals surface area (Å²) in [5, 5.41) is 20.4. The van der Waals surface area contributed by atoms with E-state index in [1.165, 1.54) is 11.0 Å². The second-order valence-corrected chi connectivity index (χ2v) is 27.3. The van der Waals surface area contributed by atoms with Gasteiger partial charge >= 0.3 is 12.2 Å². The molecule has 0 aromatic carbocycles. The lowest BCUT2D eigenvalue weighted by atomic mass is 10.2. The molecule has 2 amide bonds. The van der Waals surface area contributed by atoms with E-state index in [2.05, 4.69) is 67.7 Å². The molecule has 0 spiro atoms. The van der Waals surface area contributed by atoms with Crippen LogP contribution in [0.15, 0.2) is 12.3 Å². The van der Waals surface area contributed by atoms with Crippen LogP contribution in [-0.2, 0) is 18.3 Å². The molecule has 2 aliphatic rings. The van der Waals surface area contributed by atoms with E-state index in [4.69, 9.17) is 18.3 Å². The van der Waals surface area contributed by atoms with E-state index in [1.54, 1.807) is 25.7 Å². The van der Waals surface area contributed by atoms with Crippen LogP contribution in [-0.4, -0.2) is 104 Å². The van der Waals surface area contributed by atoms with Crippen LogP contribution in [0.4, 0.5) is 9.59 Å². The summed E-state index contributed by atoms with van der Waals surface area (Å²) in [5.41, 5.74) is -1.15. The summed E-state index contributed by atoms with van der Waals surface area (Å²) in [6.07, 6.45) is 2.54. The molecule has 14 heteroatoms. The summed E-state index contributed by atoms with van der Waals surface area (Å²) < 4.78 is 23.7. The molecular formula is C33H65N3O9Si2. The molecule has 274 valence electrons. The number of amides is 2. The Hall–Kier alpha value is -2.01. The highest BCUT2D eigenvalue weighted by atomic mass is 28.4. The first-order chi connectivity index (χ1) is 20.9. The van der Waals surface area contributed by atoms with E-state index in [0.29, 0.717) is 25.9 Å². The molecule has 47 heavy (non-hydrogen) atoms. The molecule has 2 saturated heterocycles. The van der Waals surface area contributed by atoms with Gasteiger partial charge in [-0.1, -0.05) is 41.5 Å². The average molecular weight is 704 g/mol. The van der Waals surface area contributed by atoms with Crippen LogP contribution in [0.1, 0.15) is 95.9 Å². The topological polar surface area (TPSA) is 141 Å². The number of ether oxygens (including phenoxy) is 2. The van der Waals surface area contributed by atoms with Crippen molar-refractivity contribution in [3.05, 3.63) is 22.4 Å². The van der Waals surface area contributed by atoms with Crippen LogP contribution in [0.25, 0.3) is 0 Å². The molecule has 2 heterocycles. The number of hydrogen-bond acceptors (Lipinski definition) is 9. The molecule has 2 fully saturated rings. The van der Waals surface area contributed by atoms with Gasteiger partial charge in [0.15, 0.2) is 16.6 Å². The second kappa shape index (κ2) is 15.7. The largest absolute Gasteiger partial charge is 0.444 e. The predicted molar refractivity (Wildman–Crippen MR) is 190 cm³/mol. The van der Waals surface area contributed by atoms with E-state index in [0.717, 1.165) is 6.20 Å². The minimum Gasteiger partial charge on any atom is -0.444 e. The third kappa shape index (κ3) is 13.8. The van der Waals surface area contributed by atoms with Gasteiger partial charge in [-0.15, -0.1) is 0 Å². The Morgan fingerprint density at radius 2 is 1.15 bits per heavy atom. The minimum absolute atomic E-state index is 0.0226. The van der Waals surface area contributed by atoms with Gasteiger partial charge in [-0.05, 0) is 90.6 Å². The molecule has 12 nitrogen and oxygen atoms in total. The number of nitro groups is 1. The fourth-order valence-electron chi connectivity index (χ4n) is 4.66. The van der Waals surface area contributed by atoms with E-state index in [1.807, 2.05) is 20.8 Å². The van der Waals surface area contributed by atoms with Crippen molar-refractivity contribution in [1.29, 1.82) is 0 Å². The predicted octanol–water partition coefficient (Wildman–Crippen LogP) is 7.56. The first-order valence-corrected chi connectivity index (χ1v) is 22.5. The standard InChI is InChI=1S/C17H32N2O5Si.C16H33NO4Si/c1-16(2,3)23-15(20)18-12-14(11-13(18)9-10-19(21)22)24-25(7,8)17(4,5)6;1-15(2,3)20-14(19)17-10-13(9-12(17)11-18)21-22(7,8)16(4,5)6/h9-10,13-14H,11-12H2,1-8H3;12-13,18H,9-11H2,1-8H3/b10-9+;/t13-,14-;12-,13+/m10/s1. The molecule has 2 rings (SSSR count). The maximum absolute atomic E-state index is 12.5. The van der Waals surface area contributed by atoms with Gasteiger partial charge < -0.3 is 28.3 Å². The smallest absolute Gasteiger partial charge is 0.410 e. The average Bonchev–Trinajstić information content (AvgIpc) is 3.42. The van der Waals surface area contributed by atoms with Crippen molar-refractivity contribution in [1.82, 2.24) is 9.80 Å². The van der Waals surface area contributed by atoms with Crippen LogP contribution in [0.2, 0.25) is 36.3 Å². The van der Waals surface area contributed by atoms with Gasteiger partial charge in [-0.3, -0.25) is 15.0 Å². The Bertz CT molecular complexity index is 1100. The Morgan fingerprint density at radius 1 is 0.766 bits per heavy atom. The first kappa shape index (κ1) is 43.0. The van der Waals surface area contributed by atoms with Gasteiger partial charge in [0.05, 0.1) is 35.8 Å². The molecule has 0 aliphatic carbocycles. The lowest BCUT2D eigenvalue weighted by molar-refractivity contribution is -0.402.